The standard InChI is InChI=1S/C25H25Cl2FN4OS2/c1-2-34-32-11-9-31(10-12-32)24(33)30-18-13-19(26)22(20(27)14-18)25(7-8-25)23-29-15-21(35-23)16-3-5-17(28)6-4-16/h3-6,13-15H,2,7-12H2,1H3,(H,30,33). The average molecular weight is 552 g/mol. The van der Waals surface area contributed by atoms with Crippen molar-refractivity contribution in [3.63, 3.8) is 0 Å². The van der Waals surface area contributed by atoms with Crippen molar-refractivity contribution >= 4 is 58.2 Å². The number of anilines is 1. The summed E-state index contributed by atoms with van der Waals surface area (Å²) < 4.78 is 15.6. The number of urea groups is 1. The number of nitrogens with one attached hydrogen (secondary N) is 1. The van der Waals surface area contributed by atoms with Crippen molar-refractivity contribution in [3.05, 3.63) is 69.0 Å². The van der Waals surface area contributed by atoms with Gasteiger partial charge in [-0.25, -0.2) is 18.5 Å². The monoisotopic (exact) mass is 550 g/mol. The van der Waals surface area contributed by atoms with Crippen LogP contribution in [0.1, 0.15) is 30.3 Å². The van der Waals surface area contributed by atoms with Crippen LogP contribution in [0.3, 0.4) is 0 Å². The molecule has 2 heterocycles. The Labute approximate surface area is 222 Å². The molecule has 1 aromatic heterocycles. The molecule has 2 amide bonds. The molecule has 1 aliphatic heterocycles. The lowest BCUT2D eigenvalue weighted by molar-refractivity contribution is 0.188. The molecule has 1 N–H and O–H groups in total. The second kappa shape index (κ2) is 10.3. The number of thiazole rings is 1. The maximum absolute atomic E-state index is 13.3. The highest BCUT2D eigenvalue weighted by atomic mass is 35.5. The Morgan fingerprint density at radius 1 is 1.14 bits per heavy atom. The van der Waals surface area contributed by atoms with E-state index in [1.165, 1.54) is 12.1 Å². The zero-order chi connectivity index (χ0) is 24.6. The molecule has 1 aliphatic carbocycles. The summed E-state index contributed by atoms with van der Waals surface area (Å²) in [6, 6.07) is 9.82. The third-order valence-corrected chi connectivity index (χ3v) is 9.24. The maximum Gasteiger partial charge on any atom is 0.321 e. The van der Waals surface area contributed by atoms with Crippen molar-refractivity contribution in [1.29, 1.82) is 0 Å². The van der Waals surface area contributed by atoms with Gasteiger partial charge in [0.1, 0.15) is 10.8 Å². The van der Waals surface area contributed by atoms with E-state index in [9.17, 15) is 9.18 Å². The normalized spacial score (nSPS) is 17.4. The van der Waals surface area contributed by atoms with Crippen LogP contribution in [-0.4, -0.2) is 52.2 Å². The molecule has 2 aliphatic rings. The Hall–Kier alpha value is -1.84. The van der Waals surface area contributed by atoms with Gasteiger partial charge in [-0.15, -0.1) is 11.3 Å². The highest BCUT2D eigenvalue weighted by Gasteiger charge is 2.51. The van der Waals surface area contributed by atoms with Gasteiger partial charge in [-0.3, -0.25) is 0 Å². The third-order valence-electron chi connectivity index (χ3n) is 6.40. The van der Waals surface area contributed by atoms with E-state index in [1.54, 1.807) is 47.6 Å². The lowest BCUT2D eigenvalue weighted by atomic mass is 9.96. The third kappa shape index (κ3) is 5.18. The molecule has 10 heteroatoms. The largest absolute Gasteiger partial charge is 0.322 e. The summed E-state index contributed by atoms with van der Waals surface area (Å²) in [6.45, 7) is 5.20. The Kier molecular flexibility index (Phi) is 7.28. The van der Waals surface area contributed by atoms with Crippen LogP contribution in [0.4, 0.5) is 14.9 Å². The summed E-state index contributed by atoms with van der Waals surface area (Å²) in [7, 11) is 0. The first-order valence-electron chi connectivity index (χ1n) is 11.5. The minimum Gasteiger partial charge on any atom is -0.322 e. The molecule has 0 spiro atoms. The van der Waals surface area contributed by atoms with E-state index >= 15 is 0 Å². The van der Waals surface area contributed by atoms with Gasteiger partial charge in [0.25, 0.3) is 0 Å². The van der Waals surface area contributed by atoms with E-state index in [4.69, 9.17) is 23.2 Å². The summed E-state index contributed by atoms with van der Waals surface area (Å²) in [5, 5.41) is 4.95. The number of piperazine rings is 1. The first kappa shape index (κ1) is 24.8. The van der Waals surface area contributed by atoms with Crippen LogP contribution >= 0.6 is 46.5 Å². The zero-order valence-corrected chi connectivity index (χ0v) is 22.3. The van der Waals surface area contributed by atoms with Gasteiger partial charge in [0.2, 0.25) is 0 Å². The van der Waals surface area contributed by atoms with Crippen LogP contribution in [0.15, 0.2) is 42.6 Å². The minimum atomic E-state index is -0.326. The minimum absolute atomic E-state index is 0.143. The molecule has 0 radical (unpaired) electrons. The Morgan fingerprint density at radius 2 is 1.80 bits per heavy atom. The predicted octanol–water partition coefficient (Wildman–Crippen LogP) is 7.15. The lowest BCUT2D eigenvalue weighted by Gasteiger charge is -2.33. The number of aromatic nitrogens is 1. The van der Waals surface area contributed by atoms with E-state index in [0.29, 0.717) is 28.8 Å². The fourth-order valence-electron chi connectivity index (χ4n) is 4.45. The number of hydrogen-bond donors (Lipinski definition) is 1. The van der Waals surface area contributed by atoms with Crippen molar-refractivity contribution in [2.45, 2.75) is 25.2 Å². The first-order chi connectivity index (χ1) is 16.9. The molecule has 3 aromatic rings. The van der Waals surface area contributed by atoms with E-state index in [2.05, 4.69) is 21.5 Å². The Morgan fingerprint density at radius 3 is 2.40 bits per heavy atom. The quantitative estimate of drug-likeness (QED) is 0.331. The number of halogens is 3. The van der Waals surface area contributed by atoms with Gasteiger partial charge in [0, 0.05) is 59.4 Å². The van der Waals surface area contributed by atoms with Crippen LogP contribution in [0.5, 0.6) is 0 Å². The summed E-state index contributed by atoms with van der Waals surface area (Å²) in [5.41, 5.74) is 2.04. The SMILES string of the molecule is CCSN1CCN(C(=O)Nc2cc(Cl)c(C3(c4ncc(-c5ccc(F)cc5)s4)CC3)c(Cl)c2)CC1. The van der Waals surface area contributed by atoms with Crippen molar-refractivity contribution in [2.24, 2.45) is 0 Å². The number of hydrogen-bond acceptors (Lipinski definition) is 5. The van der Waals surface area contributed by atoms with Crippen molar-refractivity contribution in [3.8, 4) is 10.4 Å². The topological polar surface area (TPSA) is 48.5 Å². The highest BCUT2D eigenvalue weighted by molar-refractivity contribution is 7.96. The molecule has 184 valence electrons. The summed E-state index contributed by atoms with van der Waals surface area (Å²) in [5.74, 6) is 0.770. The fraction of sp³-hybridized carbons (Fsp3) is 0.360. The molecule has 2 aromatic carbocycles. The molecular formula is C25H25Cl2FN4OS2. The highest BCUT2D eigenvalue weighted by Crippen LogP contribution is 2.59. The number of nitrogens with zero attached hydrogens (tertiary/aromatic N) is 3. The van der Waals surface area contributed by atoms with Crippen molar-refractivity contribution < 1.29 is 9.18 Å². The van der Waals surface area contributed by atoms with E-state index < -0.39 is 0 Å². The Balaban J connectivity index is 1.32. The molecule has 0 atom stereocenters. The van der Waals surface area contributed by atoms with Crippen LogP contribution in [0, 0.1) is 5.82 Å². The molecule has 0 bridgehead atoms. The molecule has 5 rings (SSSR count). The van der Waals surface area contributed by atoms with Crippen LogP contribution in [0.25, 0.3) is 10.4 Å². The fourth-order valence-corrected chi connectivity index (χ4v) is 7.26. The number of carbonyl (C=O) groups is 1. The summed E-state index contributed by atoms with van der Waals surface area (Å²) in [4.78, 5) is 20.3. The molecular weight excluding hydrogens is 526 g/mol. The second-order valence-corrected chi connectivity index (χ2v) is 11.9. The van der Waals surface area contributed by atoms with Crippen LogP contribution in [-0.2, 0) is 5.41 Å². The molecule has 35 heavy (non-hydrogen) atoms. The Bertz CT molecular complexity index is 1200. The van der Waals surface area contributed by atoms with Gasteiger partial charge < -0.3 is 10.2 Å². The number of benzene rings is 2. The molecule has 1 saturated carbocycles. The number of amides is 2. The van der Waals surface area contributed by atoms with Crippen LogP contribution < -0.4 is 5.32 Å². The van der Waals surface area contributed by atoms with E-state index in [0.717, 1.165) is 52.7 Å². The van der Waals surface area contributed by atoms with Gasteiger partial charge in [-0.2, -0.15) is 0 Å². The van der Waals surface area contributed by atoms with Gasteiger partial charge >= 0.3 is 6.03 Å². The van der Waals surface area contributed by atoms with Crippen molar-refractivity contribution in [2.75, 3.05) is 37.2 Å². The lowest BCUT2D eigenvalue weighted by Crippen LogP contribution is -2.47. The summed E-state index contributed by atoms with van der Waals surface area (Å²) in [6.07, 6.45) is 3.62. The maximum atomic E-state index is 13.3. The average Bonchev–Trinajstić information content (AvgIpc) is 3.46. The molecule has 5 nitrogen and oxygen atoms in total. The number of rotatable bonds is 6. The first-order valence-corrected chi connectivity index (χ1v) is 14.1. The zero-order valence-electron chi connectivity index (χ0n) is 19.2. The number of carbonyl (C=O) groups excluding carboxylic acids is 1. The van der Waals surface area contributed by atoms with E-state index in [1.807, 2.05) is 11.1 Å². The van der Waals surface area contributed by atoms with Gasteiger partial charge in [0.05, 0.1) is 10.3 Å². The predicted molar refractivity (Wildman–Crippen MR) is 144 cm³/mol. The smallest absolute Gasteiger partial charge is 0.321 e. The van der Waals surface area contributed by atoms with Gasteiger partial charge in [-0.1, -0.05) is 54.2 Å². The van der Waals surface area contributed by atoms with E-state index in [-0.39, 0.29) is 17.3 Å². The van der Waals surface area contributed by atoms with Crippen molar-refractivity contribution in [1.82, 2.24) is 14.2 Å². The molecule has 0 unspecified atom stereocenters. The summed E-state index contributed by atoms with van der Waals surface area (Å²) >= 11 is 16.9. The molecule has 1 saturated heterocycles. The van der Waals surface area contributed by atoms with Gasteiger partial charge in [-0.05, 0) is 42.7 Å². The molecule has 2 fully saturated rings. The van der Waals surface area contributed by atoms with Gasteiger partial charge in [0.15, 0.2) is 0 Å². The second-order valence-electron chi connectivity index (χ2n) is 8.70. The van der Waals surface area contributed by atoms with Crippen LogP contribution in [0.2, 0.25) is 10.0 Å².